The largest absolute Gasteiger partial charge is 0.497 e. The molecule has 2 aromatic carbocycles. The fourth-order valence-electron chi connectivity index (χ4n) is 2.20. The van der Waals surface area contributed by atoms with Gasteiger partial charge in [0.25, 0.3) is 5.91 Å². The predicted octanol–water partition coefficient (Wildman–Crippen LogP) is 3.22. The van der Waals surface area contributed by atoms with Crippen LogP contribution >= 0.6 is 0 Å². The molecule has 0 aliphatic heterocycles. The zero-order valence-corrected chi connectivity index (χ0v) is 14.5. The number of para-hydroxylation sites is 1. The van der Waals surface area contributed by atoms with Crippen molar-refractivity contribution < 1.29 is 28.2 Å². The summed E-state index contributed by atoms with van der Waals surface area (Å²) in [6, 6.07) is 10.1. The van der Waals surface area contributed by atoms with Crippen molar-refractivity contribution in [3.63, 3.8) is 0 Å². The molecule has 1 atom stereocenters. The number of ketones is 1. The number of anilines is 1. The summed E-state index contributed by atoms with van der Waals surface area (Å²) >= 11 is 0. The van der Waals surface area contributed by atoms with Gasteiger partial charge in [0.15, 0.2) is 11.9 Å². The fraction of sp³-hybridized carbons (Fsp3) is 0.211. The summed E-state index contributed by atoms with van der Waals surface area (Å²) in [6.45, 7) is 2.73. The van der Waals surface area contributed by atoms with Gasteiger partial charge in [0.2, 0.25) is 0 Å². The van der Waals surface area contributed by atoms with E-state index in [0.717, 1.165) is 6.07 Å². The minimum Gasteiger partial charge on any atom is -0.497 e. The number of rotatable bonds is 6. The van der Waals surface area contributed by atoms with Crippen molar-refractivity contribution in [1.29, 1.82) is 0 Å². The second-order valence-corrected chi connectivity index (χ2v) is 5.48. The molecule has 2 rings (SSSR count). The van der Waals surface area contributed by atoms with Gasteiger partial charge in [-0.25, -0.2) is 9.18 Å². The molecule has 0 aromatic heterocycles. The highest BCUT2D eigenvalue weighted by Gasteiger charge is 2.22. The highest BCUT2D eigenvalue weighted by Crippen LogP contribution is 2.19. The second kappa shape index (κ2) is 8.24. The van der Waals surface area contributed by atoms with Gasteiger partial charge in [0.05, 0.1) is 18.4 Å². The number of benzene rings is 2. The average Bonchev–Trinajstić information content (AvgIpc) is 2.61. The number of ether oxygens (including phenoxy) is 2. The Bertz CT molecular complexity index is 850. The molecule has 0 radical (unpaired) electrons. The summed E-state index contributed by atoms with van der Waals surface area (Å²) in [5.41, 5.74) is 0.332. The van der Waals surface area contributed by atoms with Gasteiger partial charge in [0, 0.05) is 11.6 Å². The molecule has 2 aromatic rings. The number of carbonyl (C=O) groups excluding carboxylic acids is 3. The number of hydrogen-bond acceptors (Lipinski definition) is 5. The Balaban J connectivity index is 2.07. The van der Waals surface area contributed by atoms with Gasteiger partial charge >= 0.3 is 5.97 Å². The van der Waals surface area contributed by atoms with Crippen molar-refractivity contribution in [2.75, 3.05) is 12.4 Å². The Kier molecular flexibility index (Phi) is 6.06. The number of Topliss-reactive ketones (excluding diaryl/α,β-unsaturated/α-hetero) is 1. The maximum Gasteiger partial charge on any atom is 0.341 e. The SMILES string of the molecule is COc1ccc(C(=O)O[C@@H](C)C(=O)Nc2ccccc2C(C)=O)c(F)c1. The lowest BCUT2D eigenvalue weighted by atomic mass is 10.1. The van der Waals surface area contributed by atoms with E-state index in [1.807, 2.05) is 0 Å². The van der Waals surface area contributed by atoms with Crippen LogP contribution in [0, 0.1) is 5.82 Å². The first-order valence-electron chi connectivity index (χ1n) is 7.78. The van der Waals surface area contributed by atoms with E-state index < -0.39 is 23.8 Å². The highest BCUT2D eigenvalue weighted by atomic mass is 19.1. The number of esters is 1. The standard InChI is InChI=1S/C19H18FNO5/c1-11(22)14-6-4-5-7-17(14)21-18(23)12(2)26-19(24)15-9-8-13(25-3)10-16(15)20/h4-10,12H,1-3H3,(H,21,23)/t12-/m0/s1. The lowest BCUT2D eigenvalue weighted by molar-refractivity contribution is -0.123. The minimum atomic E-state index is -1.19. The molecule has 6 nitrogen and oxygen atoms in total. The molecule has 0 bridgehead atoms. The summed E-state index contributed by atoms with van der Waals surface area (Å²) in [7, 11) is 1.37. The van der Waals surface area contributed by atoms with E-state index in [0.29, 0.717) is 11.3 Å². The van der Waals surface area contributed by atoms with Gasteiger partial charge in [-0.1, -0.05) is 12.1 Å². The van der Waals surface area contributed by atoms with E-state index in [4.69, 9.17) is 9.47 Å². The first-order valence-corrected chi connectivity index (χ1v) is 7.78. The average molecular weight is 359 g/mol. The molecule has 26 heavy (non-hydrogen) atoms. The summed E-state index contributed by atoms with van der Waals surface area (Å²) < 4.78 is 23.8. The third-order valence-electron chi connectivity index (χ3n) is 3.61. The van der Waals surface area contributed by atoms with Crippen LogP contribution in [0.5, 0.6) is 5.75 Å². The monoisotopic (exact) mass is 359 g/mol. The van der Waals surface area contributed by atoms with Crippen molar-refractivity contribution in [1.82, 2.24) is 0 Å². The number of halogens is 1. The van der Waals surface area contributed by atoms with Crippen LogP contribution in [0.1, 0.15) is 34.6 Å². The normalized spacial score (nSPS) is 11.4. The van der Waals surface area contributed by atoms with Crippen LogP contribution in [-0.2, 0) is 9.53 Å². The summed E-state index contributed by atoms with van der Waals surface area (Å²) in [5.74, 6) is -2.39. The lowest BCUT2D eigenvalue weighted by Gasteiger charge is -2.15. The third-order valence-corrected chi connectivity index (χ3v) is 3.61. The molecular formula is C19H18FNO5. The molecule has 0 unspecified atom stereocenters. The van der Waals surface area contributed by atoms with Crippen LogP contribution in [-0.4, -0.2) is 30.9 Å². The summed E-state index contributed by atoms with van der Waals surface area (Å²) in [5, 5.41) is 2.53. The van der Waals surface area contributed by atoms with Crippen LogP contribution in [0.3, 0.4) is 0 Å². The van der Waals surface area contributed by atoms with Gasteiger partial charge in [0.1, 0.15) is 11.6 Å². The van der Waals surface area contributed by atoms with E-state index >= 15 is 0 Å². The van der Waals surface area contributed by atoms with Crippen molar-refractivity contribution in [2.24, 2.45) is 0 Å². The van der Waals surface area contributed by atoms with Gasteiger partial charge in [-0.2, -0.15) is 0 Å². The molecule has 136 valence electrons. The van der Waals surface area contributed by atoms with Crippen LogP contribution in [0.2, 0.25) is 0 Å². The van der Waals surface area contributed by atoms with Crippen molar-refractivity contribution in [2.45, 2.75) is 20.0 Å². The number of carbonyl (C=O) groups is 3. The molecule has 0 heterocycles. The Morgan fingerprint density at radius 3 is 2.38 bits per heavy atom. The molecule has 0 aliphatic rings. The highest BCUT2D eigenvalue weighted by molar-refractivity contribution is 6.05. The molecule has 7 heteroatoms. The van der Waals surface area contributed by atoms with E-state index in [1.54, 1.807) is 24.3 Å². The molecule has 0 spiro atoms. The van der Waals surface area contributed by atoms with Gasteiger partial charge in [-0.15, -0.1) is 0 Å². The molecule has 0 saturated heterocycles. The summed E-state index contributed by atoms with van der Waals surface area (Å²) in [6.07, 6.45) is -1.19. The van der Waals surface area contributed by atoms with Crippen LogP contribution in [0.4, 0.5) is 10.1 Å². The Labute approximate surface area is 149 Å². The second-order valence-electron chi connectivity index (χ2n) is 5.48. The molecule has 1 N–H and O–H groups in total. The first-order chi connectivity index (χ1) is 12.3. The van der Waals surface area contributed by atoms with Crippen LogP contribution in [0.25, 0.3) is 0 Å². The quantitative estimate of drug-likeness (QED) is 0.633. The first kappa shape index (κ1) is 19.1. The van der Waals surface area contributed by atoms with E-state index in [-0.39, 0.29) is 17.1 Å². The maximum absolute atomic E-state index is 13.9. The Morgan fingerprint density at radius 1 is 1.08 bits per heavy atom. The molecule has 0 aliphatic carbocycles. The Hall–Kier alpha value is -3.22. The molecular weight excluding hydrogens is 341 g/mol. The van der Waals surface area contributed by atoms with Gasteiger partial charge in [-0.05, 0) is 38.1 Å². The van der Waals surface area contributed by atoms with Crippen molar-refractivity contribution in [3.05, 3.63) is 59.4 Å². The zero-order chi connectivity index (χ0) is 19.3. The predicted molar refractivity (Wildman–Crippen MR) is 92.9 cm³/mol. The number of nitrogens with one attached hydrogen (secondary N) is 1. The Morgan fingerprint density at radius 2 is 1.77 bits per heavy atom. The van der Waals surface area contributed by atoms with Crippen molar-refractivity contribution >= 4 is 23.3 Å². The molecule has 0 fully saturated rings. The van der Waals surface area contributed by atoms with Crippen LogP contribution < -0.4 is 10.1 Å². The maximum atomic E-state index is 13.9. The minimum absolute atomic E-state index is 0.217. The smallest absolute Gasteiger partial charge is 0.341 e. The van der Waals surface area contributed by atoms with E-state index in [1.165, 1.54) is 33.1 Å². The van der Waals surface area contributed by atoms with Crippen molar-refractivity contribution in [3.8, 4) is 5.75 Å². The lowest BCUT2D eigenvalue weighted by Crippen LogP contribution is -2.30. The third kappa shape index (κ3) is 4.44. The number of amides is 1. The van der Waals surface area contributed by atoms with Gasteiger partial charge < -0.3 is 14.8 Å². The summed E-state index contributed by atoms with van der Waals surface area (Å²) in [4.78, 5) is 35.9. The zero-order valence-electron chi connectivity index (χ0n) is 14.5. The number of methoxy groups -OCH3 is 1. The molecule has 0 saturated carbocycles. The van der Waals surface area contributed by atoms with Gasteiger partial charge in [-0.3, -0.25) is 9.59 Å². The van der Waals surface area contributed by atoms with Crippen LogP contribution in [0.15, 0.2) is 42.5 Å². The fourth-order valence-corrected chi connectivity index (χ4v) is 2.20. The number of hydrogen-bond donors (Lipinski definition) is 1. The van der Waals surface area contributed by atoms with E-state index in [2.05, 4.69) is 5.32 Å². The molecule has 1 amide bonds. The topological polar surface area (TPSA) is 81.7 Å². The van der Waals surface area contributed by atoms with E-state index in [9.17, 15) is 18.8 Å².